The largest absolute Gasteiger partial charge is 0.350 e. The summed E-state index contributed by atoms with van der Waals surface area (Å²) in [7, 11) is 1.99. The Morgan fingerprint density at radius 1 is 1.12 bits per heavy atom. The number of likely N-dealkylation sites (tertiary alicyclic amines) is 1. The number of aromatic nitrogens is 1. The van der Waals surface area contributed by atoms with Crippen molar-refractivity contribution in [3.63, 3.8) is 0 Å². The van der Waals surface area contributed by atoms with Crippen molar-refractivity contribution < 1.29 is 9.72 Å². The van der Waals surface area contributed by atoms with Crippen LogP contribution >= 0.6 is 0 Å². The van der Waals surface area contributed by atoms with Crippen LogP contribution in [0.1, 0.15) is 30.0 Å². The highest BCUT2D eigenvalue weighted by molar-refractivity contribution is 5.86. The van der Waals surface area contributed by atoms with Gasteiger partial charge in [-0.15, -0.1) is 0 Å². The quantitative estimate of drug-likeness (QED) is 0.531. The number of nitro groups is 1. The van der Waals surface area contributed by atoms with Gasteiger partial charge in [0.05, 0.1) is 11.0 Å². The van der Waals surface area contributed by atoms with Gasteiger partial charge in [-0.2, -0.15) is 0 Å². The van der Waals surface area contributed by atoms with Crippen LogP contribution in [0.15, 0.2) is 54.7 Å². The third-order valence-electron chi connectivity index (χ3n) is 5.06. The lowest BCUT2D eigenvalue weighted by Crippen LogP contribution is -2.30. The van der Waals surface area contributed by atoms with Crippen molar-refractivity contribution in [2.75, 3.05) is 6.54 Å². The third-order valence-corrected chi connectivity index (χ3v) is 5.06. The average Bonchev–Trinajstić information content (AvgIpc) is 3.21. The maximum atomic E-state index is 12.5. The molecule has 0 spiro atoms. The second-order valence-corrected chi connectivity index (χ2v) is 6.65. The monoisotopic (exact) mass is 349 g/mol. The standard InChI is InChI=1S/C20H19N3O3/c1-21-13-17(16-5-2-3-6-18(16)21)20(22-12-4-7-19(22)24)14-8-10-15(11-9-14)23(25)26/h2-3,5-6,8-11,13,20H,4,7,12H2,1H3. The third kappa shape index (κ3) is 2.63. The van der Waals surface area contributed by atoms with Crippen LogP contribution in [0, 0.1) is 10.1 Å². The zero-order valence-corrected chi connectivity index (χ0v) is 14.5. The minimum atomic E-state index is -0.405. The molecular formula is C20H19N3O3. The number of aryl methyl sites for hydroxylation is 1. The van der Waals surface area contributed by atoms with Crippen molar-refractivity contribution in [3.8, 4) is 0 Å². The van der Waals surface area contributed by atoms with E-state index in [4.69, 9.17) is 0 Å². The number of carbonyl (C=O) groups is 1. The highest BCUT2D eigenvalue weighted by Crippen LogP contribution is 2.37. The maximum Gasteiger partial charge on any atom is 0.269 e. The number of nitro benzene ring substituents is 1. The molecule has 6 nitrogen and oxygen atoms in total. The fourth-order valence-electron chi connectivity index (χ4n) is 3.84. The lowest BCUT2D eigenvalue weighted by atomic mass is 9.96. The van der Waals surface area contributed by atoms with Crippen LogP contribution in [0.25, 0.3) is 10.9 Å². The molecule has 0 saturated carbocycles. The summed E-state index contributed by atoms with van der Waals surface area (Å²) in [6, 6.07) is 14.4. The topological polar surface area (TPSA) is 68.4 Å². The molecule has 4 rings (SSSR count). The van der Waals surface area contributed by atoms with E-state index in [0.717, 1.165) is 28.5 Å². The lowest BCUT2D eigenvalue weighted by molar-refractivity contribution is -0.384. The van der Waals surface area contributed by atoms with Gasteiger partial charge in [-0.25, -0.2) is 0 Å². The van der Waals surface area contributed by atoms with E-state index >= 15 is 0 Å². The summed E-state index contributed by atoms with van der Waals surface area (Å²) in [5.41, 5.74) is 3.09. The molecule has 132 valence electrons. The van der Waals surface area contributed by atoms with E-state index in [2.05, 4.69) is 22.9 Å². The molecule has 26 heavy (non-hydrogen) atoms. The molecule has 0 aliphatic carbocycles. The van der Waals surface area contributed by atoms with E-state index in [-0.39, 0.29) is 17.6 Å². The zero-order chi connectivity index (χ0) is 18.3. The van der Waals surface area contributed by atoms with E-state index in [1.165, 1.54) is 12.1 Å². The smallest absolute Gasteiger partial charge is 0.269 e. The van der Waals surface area contributed by atoms with Crippen LogP contribution in [0.3, 0.4) is 0 Å². The first-order valence-corrected chi connectivity index (χ1v) is 8.64. The van der Waals surface area contributed by atoms with E-state index in [0.29, 0.717) is 13.0 Å². The van der Waals surface area contributed by atoms with Crippen molar-refractivity contribution in [3.05, 3.63) is 76.0 Å². The van der Waals surface area contributed by atoms with Gasteiger partial charge in [-0.3, -0.25) is 14.9 Å². The van der Waals surface area contributed by atoms with Gasteiger partial charge in [-0.05, 0) is 30.2 Å². The summed E-state index contributed by atoms with van der Waals surface area (Å²) in [6.07, 6.45) is 3.45. The Hall–Kier alpha value is -3.15. The normalized spacial score (nSPS) is 15.6. The maximum absolute atomic E-state index is 12.5. The molecule has 2 heterocycles. The number of amides is 1. The van der Waals surface area contributed by atoms with Gasteiger partial charge in [0, 0.05) is 54.8 Å². The zero-order valence-electron chi connectivity index (χ0n) is 14.5. The van der Waals surface area contributed by atoms with Crippen LogP contribution in [0.2, 0.25) is 0 Å². The number of nitrogens with zero attached hydrogens (tertiary/aromatic N) is 3. The molecule has 1 aliphatic rings. The number of para-hydroxylation sites is 1. The molecule has 0 bridgehead atoms. The Morgan fingerprint density at radius 3 is 2.50 bits per heavy atom. The van der Waals surface area contributed by atoms with Crippen LogP contribution < -0.4 is 0 Å². The van der Waals surface area contributed by atoms with Gasteiger partial charge in [0.25, 0.3) is 5.69 Å². The predicted molar refractivity (Wildman–Crippen MR) is 98.8 cm³/mol. The van der Waals surface area contributed by atoms with Crippen molar-refractivity contribution in [2.45, 2.75) is 18.9 Å². The molecule has 1 atom stereocenters. The first-order valence-electron chi connectivity index (χ1n) is 8.64. The Labute approximate surface area is 150 Å². The molecule has 3 aromatic rings. The summed E-state index contributed by atoms with van der Waals surface area (Å²) in [4.78, 5) is 25.0. The molecule has 1 saturated heterocycles. The minimum Gasteiger partial charge on any atom is -0.350 e. The number of hydrogen-bond donors (Lipinski definition) is 0. The summed E-state index contributed by atoms with van der Waals surface area (Å²) < 4.78 is 2.06. The molecule has 1 fully saturated rings. The summed E-state index contributed by atoms with van der Waals surface area (Å²) in [5.74, 6) is 0.126. The van der Waals surface area contributed by atoms with Gasteiger partial charge in [0.1, 0.15) is 0 Å². The first-order chi connectivity index (χ1) is 12.6. The van der Waals surface area contributed by atoms with Crippen LogP contribution in [-0.2, 0) is 11.8 Å². The summed E-state index contributed by atoms with van der Waals surface area (Å²) >= 11 is 0. The molecule has 0 radical (unpaired) electrons. The van der Waals surface area contributed by atoms with Gasteiger partial charge < -0.3 is 9.47 Å². The Balaban J connectivity index is 1.88. The molecular weight excluding hydrogens is 330 g/mol. The summed E-state index contributed by atoms with van der Waals surface area (Å²) in [6.45, 7) is 0.698. The van der Waals surface area contributed by atoms with Gasteiger partial charge in [-0.1, -0.05) is 18.2 Å². The molecule has 1 aliphatic heterocycles. The average molecular weight is 349 g/mol. The number of fused-ring (bicyclic) bond motifs is 1. The molecule has 1 amide bonds. The van der Waals surface area contributed by atoms with Crippen molar-refractivity contribution in [1.82, 2.24) is 9.47 Å². The second-order valence-electron chi connectivity index (χ2n) is 6.65. The molecule has 2 aromatic carbocycles. The van der Waals surface area contributed by atoms with Gasteiger partial charge in [0.15, 0.2) is 0 Å². The number of non-ortho nitro benzene ring substituents is 1. The fourth-order valence-corrected chi connectivity index (χ4v) is 3.84. The van der Waals surface area contributed by atoms with E-state index < -0.39 is 4.92 Å². The van der Waals surface area contributed by atoms with Crippen molar-refractivity contribution >= 4 is 22.5 Å². The summed E-state index contributed by atoms with van der Waals surface area (Å²) in [5, 5.41) is 12.1. The molecule has 1 unspecified atom stereocenters. The van der Waals surface area contributed by atoms with E-state index in [9.17, 15) is 14.9 Å². The number of carbonyl (C=O) groups excluding carboxylic acids is 1. The van der Waals surface area contributed by atoms with E-state index in [1.807, 2.05) is 24.1 Å². The highest BCUT2D eigenvalue weighted by Gasteiger charge is 2.32. The molecule has 1 aromatic heterocycles. The fraction of sp³-hybridized carbons (Fsp3) is 0.250. The van der Waals surface area contributed by atoms with Crippen molar-refractivity contribution in [1.29, 1.82) is 0 Å². The van der Waals surface area contributed by atoms with E-state index in [1.54, 1.807) is 12.1 Å². The number of benzene rings is 2. The first kappa shape index (κ1) is 16.3. The Morgan fingerprint density at radius 2 is 1.85 bits per heavy atom. The highest BCUT2D eigenvalue weighted by atomic mass is 16.6. The minimum absolute atomic E-state index is 0.0539. The molecule has 6 heteroatoms. The van der Waals surface area contributed by atoms with Crippen LogP contribution in [-0.4, -0.2) is 26.8 Å². The Kier molecular flexibility index (Phi) is 3.95. The number of rotatable bonds is 4. The molecule has 0 N–H and O–H groups in total. The van der Waals surface area contributed by atoms with Gasteiger partial charge >= 0.3 is 0 Å². The van der Waals surface area contributed by atoms with Gasteiger partial charge in [0.2, 0.25) is 5.91 Å². The van der Waals surface area contributed by atoms with Crippen LogP contribution in [0.4, 0.5) is 5.69 Å². The van der Waals surface area contributed by atoms with Crippen molar-refractivity contribution in [2.24, 2.45) is 7.05 Å². The Bertz CT molecular complexity index is 991. The predicted octanol–water partition coefficient (Wildman–Crippen LogP) is 3.80. The number of hydrogen-bond acceptors (Lipinski definition) is 3. The lowest BCUT2D eigenvalue weighted by Gasteiger charge is -2.28. The second kappa shape index (κ2) is 6.29. The SMILES string of the molecule is Cn1cc(C(c2ccc([N+](=O)[O-])cc2)N2CCCC2=O)c2ccccc21. The van der Waals surface area contributed by atoms with Crippen LogP contribution in [0.5, 0.6) is 0 Å².